The second-order valence-electron chi connectivity index (χ2n) is 6.66. The number of imide groups is 1. The van der Waals surface area contributed by atoms with Gasteiger partial charge in [0.25, 0.3) is 5.91 Å². The van der Waals surface area contributed by atoms with Crippen LogP contribution in [-0.2, 0) is 9.59 Å². The highest BCUT2D eigenvalue weighted by atomic mass is 16.3. The number of aryl methyl sites for hydroxylation is 2. The van der Waals surface area contributed by atoms with Gasteiger partial charge in [-0.1, -0.05) is 6.07 Å². The minimum Gasteiger partial charge on any atom is -0.395 e. The average molecular weight is 331 g/mol. The van der Waals surface area contributed by atoms with Gasteiger partial charge in [-0.25, -0.2) is 4.90 Å². The summed E-state index contributed by atoms with van der Waals surface area (Å²) < 4.78 is 0. The summed E-state index contributed by atoms with van der Waals surface area (Å²) in [5.74, 6) is -0.232. The molecule has 2 aliphatic rings. The predicted molar refractivity (Wildman–Crippen MR) is 91.9 cm³/mol. The van der Waals surface area contributed by atoms with E-state index in [9.17, 15) is 9.59 Å². The molecule has 1 aromatic rings. The monoisotopic (exact) mass is 331 g/mol. The standard InChI is InChI=1S/C18H25N3O3/c1-13-3-4-15(11-14(13)2)21-17(23)12-16(18(21)24)20-7-5-19(6-8-20)9-10-22/h3-4,11,16,22H,5-10,12H2,1-2H3/t16-/m1/s1. The predicted octanol–water partition coefficient (Wildman–Crippen LogP) is 0.545. The van der Waals surface area contributed by atoms with E-state index in [1.165, 1.54) is 4.90 Å². The number of rotatable bonds is 4. The quantitative estimate of drug-likeness (QED) is 0.816. The van der Waals surface area contributed by atoms with Gasteiger partial charge < -0.3 is 5.11 Å². The van der Waals surface area contributed by atoms with E-state index in [1.54, 1.807) is 0 Å². The van der Waals surface area contributed by atoms with E-state index < -0.39 is 0 Å². The van der Waals surface area contributed by atoms with Crippen molar-refractivity contribution in [2.75, 3.05) is 44.2 Å². The molecule has 1 N–H and O–H groups in total. The first kappa shape index (κ1) is 17.1. The number of amides is 2. The maximum Gasteiger partial charge on any atom is 0.251 e. The minimum absolute atomic E-state index is 0.112. The number of piperazine rings is 1. The fourth-order valence-corrected chi connectivity index (χ4v) is 3.48. The molecule has 6 nitrogen and oxygen atoms in total. The van der Waals surface area contributed by atoms with Crippen LogP contribution in [0.15, 0.2) is 18.2 Å². The maximum absolute atomic E-state index is 12.8. The van der Waals surface area contributed by atoms with E-state index in [1.807, 2.05) is 32.0 Å². The van der Waals surface area contributed by atoms with Crippen LogP contribution < -0.4 is 4.90 Å². The molecule has 0 radical (unpaired) electrons. The van der Waals surface area contributed by atoms with E-state index in [-0.39, 0.29) is 30.9 Å². The third-order valence-electron chi connectivity index (χ3n) is 5.14. The van der Waals surface area contributed by atoms with Gasteiger partial charge in [-0.2, -0.15) is 0 Å². The highest BCUT2D eigenvalue weighted by Crippen LogP contribution is 2.27. The number of hydrogen-bond donors (Lipinski definition) is 1. The van der Waals surface area contributed by atoms with Crippen LogP contribution in [0.3, 0.4) is 0 Å². The molecule has 0 spiro atoms. The SMILES string of the molecule is Cc1ccc(N2C(=O)C[C@@H](N3CCN(CCO)CC3)C2=O)cc1C. The van der Waals surface area contributed by atoms with Crippen molar-refractivity contribution in [3.8, 4) is 0 Å². The molecular formula is C18H25N3O3. The Morgan fingerprint density at radius 2 is 1.79 bits per heavy atom. The zero-order chi connectivity index (χ0) is 17.3. The number of aliphatic hydroxyl groups excluding tert-OH is 1. The van der Waals surface area contributed by atoms with Crippen LogP contribution in [0.4, 0.5) is 5.69 Å². The number of hydrogen-bond acceptors (Lipinski definition) is 5. The highest BCUT2D eigenvalue weighted by molar-refractivity contribution is 6.22. The second kappa shape index (κ2) is 7.01. The summed E-state index contributed by atoms with van der Waals surface area (Å²) in [6.07, 6.45) is 0.256. The topological polar surface area (TPSA) is 64.1 Å². The van der Waals surface area contributed by atoms with Gasteiger partial charge in [0.05, 0.1) is 24.8 Å². The first-order valence-corrected chi connectivity index (χ1v) is 8.52. The van der Waals surface area contributed by atoms with Crippen LogP contribution in [-0.4, -0.2) is 72.1 Å². The molecule has 0 aliphatic carbocycles. The van der Waals surface area contributed by atoms with Crippen LogP contribution in [0.25, 0.3) is 0 Å². The first-order chi connectivity index (χ1) is 11.5. The number of nitrogens with zero attached hydrogens (tertiary/aromatic N) is 3. The lowest BCUT2D eigenvalue weighted by Gasteiger charge is -2.36. The zero-order valence-electron chi connectivity index (χ0n) is 14.4. The molecule has 6 heteroatoms. The third-order valence-corrected chi connectivity index (χ3v) is 5.14. The van der Waals surface area contributed by atoms with Crippen LogP contribution >= 0.6 is 0 Å². The normalized spacial score (nSPS) is 23.3. The Morgan fingerprint density at radius 1 is 1.08 bits per heavy atom. The summed E-state index contributed by atoms with van der Waals surface area (Å²) in [7, 11) is 0. The van der Waals surface area contributed by atoms with Crippen molar-refractivity contribution in [3.63, 3.8) is 0 Å². The number of aliphatic hydroxyl groups is 1. The highest BCUT2D eigenvalue weighted by Gasteiger charge is 2.43. The molecule has 3 rings (SSSR count). The van der Waals surface area contributed by atoms with Crippen molar-refractivity contribution in [2.45, 2.75) is 26.3 Å². The van der Waals surface area contributed by atoms with Crippen LogP contribution in [0, 0.1) is 13.8 Å². The molecule has 24 heavy (non-hydrogen) atoms. The third kappa shape index (κ3) is 3.22. The smallest absolute Gasteiger partial charge is 0.251 e. The van der Waals surface area contributed by atoms with Crippen molar-refractivity contribution in [3.05, 3.63) is 29.3 Å². The second-order valence-corrected chi connectivity index (χ2v) is 6.66. The largest absolute Gasteiger partial charge is 0.395 e. The summed E-state index contributed by atoms with van der Waals surface area (Å²) in [6.45, 7) is 7.98. The molecule has 0 aromatic heterocycles. The average Bonchev–Trinajstić information content (AvgIpc) is 2.86. The lowest BCUT2D eigenvalue weighted by Crippen LogP contribution is -2.52. The number of carbonyl (C=O) groups is 2. The Labute approximate surface area is 142 Å². The molecule has 2 aliphatic heterocycles. The van der Waals surface area contributed by atoms with Gasteiger partial charge in [0.2, 0.25) is 5.91 Å². The number of anilines is 1. The van der Waals surface area contributed by atoms with Crippen LogP contribution in [0.5, 0.6) is 0 Å². The number of benzene rings is 1. The molecule has 0 unspecified atom stereocenters. The fraction of sp³-hybridized carbons (Fsp3) is 0.556. The van der Waals surface area contributed by atoms with E-state index in [2.05, 4.69) is 9.80 Å². The summed E-state index contributed by atoms with van der Waals surface area (Å²) in [4.78, 5) is 30.9. The Kier molecular flexibility index (Phi) is 4.99. The van der Waals surface area contributed by atoms with E-state index in [0.717, 1.165) is 37.3 Å². The van der Waals surface area contributed by atoms with Crippen LogP contribution in [0.2, 0.25) is 0 Å². The lowest BCUT2D eigenvalue weighted by molar-refractivity contribution is -0.123. The molecule has 0 saturated carbocycles. The van der Waals surface area contributed by atoms with Gasteiger partial charge in [-0.15, -0.1) is 0 Å². The number of β-amino-alcohol motifs (C(OH)–C–C–N with tert-alkyl or cyclic N) is 1. The summed E-state index contributed by atoms with van der Waals surface area (Å²) >= 11 is 0. The molecule has 130 valence electrons. The van der Waals surface area contributed by atoms with Gasteiger partial charge >= 0.3 is 0 Å². The van der Waals surface area contributed by atoms with Crippen molar-refractivity contribution in [1.82, 2.24) is 9.80 Å². The maximum atomic E-state index is 12.8. The zero-order valence-corrected chi connectivity index (χ0v) is 14.4. The molecule has 1 atom stereocenters. The summed E-state index contributed by atoms with van der Waals surface area (Å²) in [5.41, 5.74) is 2.90. The molecule has 2 fully saturated rings. The Balaban J connectivity index is 1.71. The Bertz CT molecular complexity index is 638. The molecule has 2 heterocycles. The molecule has 2 saturated heterocycles. The van der Waals surface area contributed by atoms with Gasteiger partial charge in [-0.3, -0.25) is 19.4 Å². The number of carbonyl (C=O) groups excluding carboxylic acids is 2. The summed E-state index contributed by atoms with van der Waals surface area (Å²) in [6, 6.07) is 5.36. The Morgan fingerprint density at radius 3 is 2.42 bits per heavy atom. The molecule has 1 aromatic carbocycles. The Hall–Kier alpha value is -1.76. The van der Waals surface area contributed by atoms with Crippen LogP contribution in [0.1, 0.15) is 17.5 Å². The van der Waals surface area contributed by atoms with Gasteiger partial charge in [0, 0.05) is 32.7 Å². The molecule has 0 bridgehead atoms. The van der Waals surface area contributed by atoms with Crippen molar-refractivity contribution >= 4 is 17.5 Å². The van der Waals surface area contributed by atoms with Crippen molar-refractivity contribution < 1.29 is 14.7 Å². The van der Waals surface area contributed by atoms with Gasteiger partial charge in [0.15, 0.2) is 0 Å². The van der Waals surface area contributed by atoms with Crippen molar-refractivity contribution in [2.24, 2.45) is 0 Å². The lowest BCUT2D eigenvalue weighted by atomic mass is 10.1. The van der Waals surface area contributed by atoms with Gasteiger partial charge in [0.1, 0.15) is 0 Å². The first-order valence-electron chi connectivity index (χ1n) is 8.52. The van der Waals surface area contributed by atoms with E-state index in [0.29, 0.717) is 12.2 Å². The van der Waals surface area contributed by atoms with E-state index >= 15 is 0 Å². The molecular weight excluding hydrogens is 306 g/mol. The van der Waals surface area contributed by atoms with E-state index in [4.69, 9.17) is 5.11 Å². The summed E-state index contributed by atoms with van der Waals surface area (Å²) in [5, 5.41) is 9.01. The fourth-order valence-electron chi connectivity index (χ4n) is 3.48. The van der Waals surface area contributed by atoms with Crippen molar-refractivity contribution in [1.29, 1.82) is 0 Å². The molecule has 2 amide bonds. The van der Waals surface area contributed by atoms with Gasteiger partial charge in [-0.05, 0) is 37.1 Å². The minimum atomic E-state index is -0.351.